The van der Waals surface area contributed by atoms with Crippen molar-refractivity contribution in [3.8, 4) is 5.75 Å². The fraction of sp³-hybridized carbons (Fsp3) is 0.375. The lowest BCUT2D eigenvalue weighted by Crippen LogP contribution is -2.49. The molecule has 1 aromatic carbocycles. The Balaban J connectivity index is 1.83. The van der Waals surface area contributed by atoms with E-state index in [-0.39, 0.29) is 11.9 Å². The summed E-state index contributed by atoms with van der Waals surface area (Å²) >= 11 is 0. The molecular weight excluding hydrogens is 280 g/mol. The molecule has 1 fully saturated rings. The van der Waals surface area contributed by atoms with Gasteiger partial charge in [-0.05, 0) is 6.07 Å². The molecule has 2 N–H and O–H groups in total. The number of ether oxygens (including phenoxy) is 1. The summed E-state index contributed by atoms with van der Waals surface area (Å²) in [6.07, 6.45) is 3.63. The van der Waals surface area contributed by atoms with Crippen molar-refractivity contribution < 1.29 is 9.53 Å². The van der Waals surface area contributed by atoms with Gasteiger partial charge in [0.15, 0.2) is 0 Å². The summed E-state index contributed by atoms with van der Waals surface area (Å²) in [4.78, 5) is 21.5. The molecule has 0 radical (unpaired) electrons. The van der Waals surface area contributed by atoms with Gasteiger partial charge in [0, 0.05) is 37.1 Å². The third-order valence-corrected chi connectivity index (χ3v) is 3.96. The SMILES string of the molecule is COc1ccccc1C1CNCCN1C(=O)Cc1cnc[nH]1. The minimum Gasteiger partial charge on any atom is -0.496 e. The highest BCUT2D eigenvalue weighted by atomic mass is 16.5. The maximum Gasteiger partial charge on any atom is 0.229 e. The van der Waals surface area contributed by atoms with Crippen molar-refractivity contribution in [1.29, 1.82) is 0 Å². The highest BCUT2D eigenvalue weighted by Gasteiger charge is 2.29. The molecule has 1 saturated heterocycles. The molecule has 2 aromatic rings. The van der Waals surface area contributed by atoms with Gasteiger partial charge in [-0.1, -0.05) is 18.2 Å². The number of nitrogens with one attached hydrogen (secondary N) is 2. The number of imidazole rings is 1. The number of nitrogens with zero attached hydrogens (tertiary/aromatic N) is 2. The maximum atomic E-state index is 12.7. The molecule has 1 aliphatic rings. The van der Waals surface area contributed by atoms with Crippen molar-refractivity contribution in [3.63, 3.8) is 0 Å². The Morgan fingerprint density at radius 1 is 1.45 bits per heavy atom. The monoisotopic (exact) mass is 300 g/mol. The molecular formula is C16H20N4O2. The number of hydrogen-bond acceptors (Lipinski definition) is 4. The number of carbonyl (C=O) groups excluding carboxylic acids is 1. The molecule has 0 bridgehead atoms. The van der Waals surface area contributed by atoms with Crippen LogP contribution in [-0.2, 0) is 11.2 Å². The normalized spacial score (nSPS) is 18.2. The summed E-state index contributed by atoms with van der Waals surface area (Å²) in [5, 5.41) is 3.36. The van der Waals surface area contributed by atoms with Crippen molar-refractivity contribution in [3.05, 3.63) is 48.0 Å². The van der Waals surface area contributed by atoms with Gasteiger partial charge in [-0.3, -0.25) is 4.79 Å². The van der Waals surface area contributed by atoms with Crippen LogP contribution in [0.4, 0.5) is 0 Å². The minimum absolute atomic E-state index is 0.0136. The van der Waals surface area contributed by atoms with Crippen LogP contribution in [0.2, 0.25) is 0 Å². The number of benzene rings is 1. The lowest BCUT2D eigenvalue weighted by Gasteiger charge is -2.37. The molecule has 6 nitrogen and oxygen atoms in total. The van der Waals surface area contributed by atoms with Gasteiger partial charge in [-0.25, -0.2) is 4.98 Å². The number of hydrogen-bond donors (Lipinski definition) is 2. The second kappa shape index (κ2) is 6.62. The molecule has 0 saturated carbocycles. The highest BCUT2D eigenvalue weighted by Crippen LogP contribution is 2.30. The Morgan fingerprint density at radius 3 is 3.09 bits per heavy atom. The Kier molecular flexibility index (Phi) is 4.39. The second-order valence-electron chi connectivity index (χ2n) is 5.30. The summed E-state index contributed by atoms with van der Waals surface area (Å²) in [5.41, 5.74) is 1.87. The quantitative estimate of drug-likeness (QED) is 0.888. The molecule has 1 aliphatic heterocycles. The standard InChI is InChI=1S/C16H20N4O2/c1-22-15-5-3-2-4-13(15)14-10-17-6-7-20(14)16(21)8-12-9-18-11-19-12/h2-5,9,11,14,17H,6-8,10H2,1H3,(H,18,19). The van der Waals surface area contributed by atoms with Crippen LogP contribution in [0, 0.1) is 0 Å². The number of amides is 1. The molecule has 22 heavy (non-hydrogen) atoms. The number of rotatable bonds is 4. The number of aromatic nitrogens is 2. The van der Waals surface area contributed by atoms with E-state index in [4.69, 9.17) is 4.74 Å². The van der Waals surface area contributed by atoms with E-state index < -0.39 is 0 Å². The van der Waals surface area contributed by atoms with Crippen LogP contribution in [0.1, 0.15) is 17.3 Å². The average molecular weight is 300 g/mol. The number of piperazine rings is 1. The summed E-state index contributed by atoms with van der Waals surface area (Å²) < 4.78 is 5.45. The molecule has 1 unspecified atom stereocenters. The van der Waals surface area contributed by atoms with E-state index in [1.54, 1.807) is 19.6 Å². The van der Waals surface area contributed by atoms with Crippen LogP contribution >= 0.6 is 0 Å². The summed E-state index contributed by atoms with van der Waals surface area (Å²) in [6.45, 7) is 2.23. The summed E-state index contributed by atoms with van der Waals surface area (Å²) in [6, 6.07) is 7.86. The molecule has 0 spiro atoms. The molecule has 1 amide bonds. The van der Waals surface area contributed by atoms with Crippen molar-refractivity contribution in [2.24, 2.45) is 0 Å². The Bertz CT molecular complexity index is 627. The zero-order valence-electron chi connectivity index (χ0n) is 12.6. The number of carbonyl (C=O) groups is 1. The maximum absolute atomic E-state index is 12.7. The van der Waals surface area contributed by atoms with E-state index in [0.29, 0.717) is 13.0 Å². The van der Waals surface area contributed by atoms with Gasteiger partial charge in [-0.2, -0.15) is 0 Å². The van der Waals surface area contributed by atoms with Crippen molar-refractivity contribution >= 4 is 5.91 Å². The van der Waals surface area contributed by atoms with Crippen LogP contribution in [0.25, 0.3) is 0 Å². The van der Waals surface area contributed by atoms with Crippen LogP contribution in [-0.4, -0.2) is 47.5 Å². The first-order valence-corrected chi connectivity index (χ1v) is 7.40. The molecule has 2 heterocycles. The van der Waals surface area contributed by atoms with Crippen LogP contribution in [0.3, 0.4) is 0 Å². The fourth-order valence-electron chi connectivity index (χ4n) is 2.87. The number of methoxy groups -OCH3 is 1. The van der Waals surface area contributed by atoms with E-state index in [2.05, 4.69) is 15.3 Å². The predicted octanol–water partition coefficient (Wildman–Crippen LogP) is 1.13. The number of aromatic amines is 1. The minimum atomic E-state index is -0.0136. The molecule has 116 valence electrons. The largest absolute Gasteiger partial charge is 0.496 e. The van der Waals surface area contributed by atoms with Crippen LogP contribution in [0.15, 0.2) is 36.8 Å². The van der Waals surface area contributed by atoms with Crippen LogP contribution in [0.5, 0.6) is 5.75 Å². The molecule has 6 heteroatoms. The Morgan fingerprint density at radius 2 is 2.32 bits per heavy atom. The highest BCUT2D eigenvalue weighted by molar-refractivity contribution is 5.79. The van der Waals surface area contributed by atoms with Gasteiger partial charge in [0.05, 0.1) is 25.9 Å². The lowest BCUT2D eigenvalue weighted by molar-refractivity contribution is -0.133. The Hall–Kier alpha value is -2.34. The first kappa shape index (κ1) is 14.6. The zero-order valence-corrected chi connectivity index (χ0v) is 12.6. The molecule has 0 aliphatic carbocycles. The summed E-state index contributed by atoms with van der Waals surface area (Å²) in [5.74, 6) is 0.914. The predicted molar refractivity (Wildman–Crippen MR) is 82.6 cm³/mol. The lowest BCUT2D eigenvalue weighted by atomic mass is 10.0. The average Bonchev–Trinajstić information content (AvgIpc) is 3.07. The van der Waals surface area contributed by atoms with Gasteiger partial charge in [0.2, 0.25) is 5.91 Å². The smallest absolute Gasteiger partial charge is 0.229 e. The number of para-hydroxylation sites is 1. The third-order valence-electron chi connectivity index (χ3n) is 3.96. The van der Waals surface area contributed by atoms with Crippen molar-refractivity contribution in [2.45, 2.75) is 12.5 Å². The van der Waals surface area contributed by atoms with Gasteiger partial charge in [0.1, 0.15) is 5.75 Å². The Labute approximate surface area is 129 Å². The molecule has 1 atom stereocenters. The van der Waals surface area contributed by atoms with E-state index in [1.165, 1.54) is 0 Å². The topological polar surface area (TPSA) is 70.2 Å². The van der Waals surface area contributed by atoms with Gasteiger partial charge in [-0.15, -0.1) is 0 Å². The van der Waals surface area contributed by atoms with E-state index in [9.17, 15) is 4.79 Å². The van der Waals surface area contributed by atoms with Crippen molar-refractivity contribution in [1.82, 2.24) is 20.2 Å². The van der Waals surface area contributed by atoms with E-state index in [0.717, 1.165) is 30.1 Å². The molecule has 1 aromatic heterocycles. The van der Waals surface area contributed by atoms with E-state index in [1.807, 2.05) is 29.2 Å². The van der Waals surface area contributed by atoms with Gasteiger partial charge < -0.3 is 19.9 Å². The summed E-state index contributed by atoms with van der Waals surface area (Å²) in [7, 11) is 1.66. The second-order valence-corrected chi connectivity index (χ2v) is 5.30. The van der Waals surface area contributed by atoms with E-state index >= 15 is 0 Å². The van der Waals surface area contributed by atoms with Crippen molar-refractivity contribution in [2.75, 3.05) is 26.7 Å². The molecule has 3 rings (SSSR count). The number of H-pyrrole nitrogens is 1. The van der Waals surface area contributed by atoms with Crippen LogP contribution < -0.4 is 10.1 Å². The fourth-order valence-corrected chi connectivity index (χ4v) is 2.87. The first-order valence-electron chi connectivity index (χ1n) is 7.40. The van der Waals surface area contributed by atoms with Gasteiger partial charge in [0.25, 0.3) is 0 Å². The third kappa shape index (κ3) is 2.96. The first-order chi connectivity index (χ1) is 10.8. The van der Waals surface area contributed by atoms with Gasteiger partial charge >= 0.3 is 0 Å². The zero-order chi connectivity index (χ0) is 15.4.